The molecule has 0 aromatic heterocycles. The molecular formula is C16H17NO4S2. The second-order valence-corrected chi connectivity index (χ2v) is 6.20. The number of carbonyl (C=O) groups excluding carboxylic acids is 1. The molecule has 7 heteroatoms. The quantitative estimate of drug-likeness (QED) is 0.446. The second kappa shape index (κ2) is 7.52. The number of nitrogens with zero attached hydrogens (tertiary/aromatic N) is 1. The molecule has 0 atom stereocenters. The Morgan fingerprint density at radius 1 is 1.22 bits per heavy atom. The number of methoxy groups -OCH3 is 3. The molecule has 0 unspecified atom stereocenters. The molecule has 0 saturated carbocycles. The van der Waals surface area contributed by atoms with Crippen molar-refractivity contribution in [2.45, 2.75) is 0 Å². The summed E-state index contributed by atoms with van der Waals surface area (Å²) >= 11 is 6.48. The van der Waals surface area contributed by atoms with E-state index in [9.17, 15) is 4.79 Å². The second-order valence-electron chi connectivity index (χ2n) is 4.53. The number of thiocarbonyl (C=S) groups is 1. The first-order chi connectivity index (χ1) is 11.0. The van der Waals surface area contributed by atoms with Crippen LogP contribution >= 0.6 is 24.0 Å². The van der Waals surface area contributed by atoms with Crippen molar-refractivity contribution in [3.05, 3.63) is 35.3 Å². The lowest BCUT2D eigenvalue weighted by Crippen LogP contribution is -2.27. The largest absolute Gasteiger partial charge is 0.496 e. The molecule has 0 aliphatic carbocycles. The van der Waals surface area contributed by atoms with Gasteiger partial charge in [0, 0.05) is 18.7 Å². The molecule has 0 N–H and O–H groups in total. The molecule has 23 heavy (non-hydrogen) atoms. The number of thioether (sulfide) groups is 1. The first-order valence-electron chi connectivity index (χ1n) is 6.72. The van der Waals surface area contributed by atoms with Gasteiger partial charge in [0.2, 0.25) is 0 Å². The number of ether oxygens (including phenoxy) is 3. The van der Waals surface area contributed by atoms with Gasteiger partial charge in [0.25, 0.3) is 5.91 Å². The van der Waals surface area contributed by atoms with Crippen molar-refractivity contribution >= 4 is 40.3 Å². The summed E-state index contributed by atoms with van der Waals surface area (Å²) in [5.74, 6) is 1.56. The molecular weight excluding hydrogens is 334 g/mol. The maximum Gasteiger partial charge on any atom is 0.266 e. The summed E-state index contributed by atoms with van der Waals surface area (Å²) < 4.78 is 16.5. The first-order valence-corrected chi connectivity index (χ1v) is 7.94. The molecule has 1 aliphatic rings. The van der Waals surface area contributed by atoms with Gasteiger partial charge >= 0.3 is 0 Å². The average Bonchev–Trinajstić information content (AvgIpc) is 2.82. The SMILES string of the molecule is C=CCN1C(=O)C(=Cc2c(OC)cc(OC)cc2OC)SC1=S. The highest BCUT2D eigenvalue weighted by atomic mass is 32.2. The van der Waals surface area contributed by atoms with Crippen LogP contribution in [0.2, 0.25) is 0 Å². The van der Waals surface area contributed by atoms with E-state index < -0.39 is 0 Å². The normalized spacial score (nSPS) is 16.0. The van der Waals surface area contributed by atoms with Gasteiger partial charge in [0.05, 0.1) is 31.8 Å². The van der Waals surface area contributed by atoms with Crippen LogP contribution in [0.3, 0.4) is 0 Å². The van der Waals surface area contributed by atoms with E-state index in [2.05, 4.69) is 6.58 Å². The Labute approximate surface area is 144 Å². The van der Waals surface area contributed by atoms with Gasteiger partial charge in [-0.05, 0) is 6.08 Å². The molecule has 1 aromatic rings. The molecule has 0 spiro atoms. The standard InChI is InChI=1S/C16H17NO4S2/c1-5-6-17-15(18)14(23-16(17)22)9-11-12(20-3)7-10(19-2)8-13(11)21-4/h5,7-9H,1,6H2,2-4H3. The highest BCUT2D eigenvalue weighted by molar-refractivity contribution is 8.26. The average molecular weight is 351 g/mol. The predicted molar refractivity (Wildman–Crippen MR) is 96.2 cm³/mol. The van der Waals surface area contributed by atoms with E-state index in [-0.39, 0.29) is 5.91 Å². The Morgan fingerprint density at radius 3 is 2.30 bits per heavy atom. The summed E-state index contributed by atoms with van der Waals surface area (Å²) in [5, 5.41) is 0. The summed E-state index contributed by atoms with van der Waals surface area (Å²) in [7, 11) is 4.66. The molecule has 0 radical (unpaired) electrons. The third-order valence-corrected chi connectivity index (χ3v) is 4.59. The van der Waals surface area contributed by atoms with Crippen LogP contribution in [-0.4, -0.2) is 43.0 Å². The molecule has 1 saturated heterocycles. The van der Waals surface area contributed by atoms with Crippen molar-refractivity contribution in [2.24, 2.45) is 0 Å². The lowest BCUT2D eigenvalue weighted by atomic mass is 10.1. The molecule has 1 fully saturated rings. The van der Waals surface area contributed by atoms with Gasteiger partial charge in [0.1, 0.15) is 21.6 Å². The summed E-state index contributed by atoms with van der Waals surface area (Å²) in [4.78, 5) is 14.4. The Bertz CT molecular complexity index is 660. The smallest absolute Gasteiger partial charge is 0.266 e. The predicted octanol–water partition coefficient (Wildman–Crippen LogP) is 3.10. The number of hydrogen-bond donors (Lipinski definition) is 0. The van der Waals surface area contributed by atoms with E-state index >= 15 is 0 Å². The first kappa shape index (κ1) is 17.4. The molecule has 5 nitrogen and oxygen atoms in total. The fourth-order valence-electron chi connectivity index (χ4n) is 2.09. The lowest BCUT2D eigenvalue weighted by molar-refractivity contribution is -0.121. The van der Waals surface area contributed by atoms with Crippen LogP contribution in [-0.2, 0) is 4.79 Å². The molecule has 0 bridgehead atoms. The van der Waals surface area contributed by atoms with Crippen LogP contribution in [0.1, 0.15) is 5.56 Å². The van der Waals surface area contributed by atoms with Gasteiger partial charge in [-0.15, -0.1) is 6.58 Å². The molecule has 122 valence electrons. The van der Waals surface area contributed by atoms with Crippen molar-refractivity contribution in [2.75, 3.05) is 27.9 Å². The number of rotatable bonds is 6. The van der Waals surface area contributed by atoms with Crippen LogP contribution < -0.4 is 14.2 Å². The van der Waals surface area contributed by atoms with Crippen LogP contribution in [0.15, 0.2) is 29.7 Å². The lowest BCUT2D eigenvalue weighted by Gasteiger charge is -2.13. The van der Waals surface area contributed by atoms with Gasteiger partial charge < -0.3 is 14.2 Å². The number of carbonyl (C=O) groups is 1. The fraction of sp³-hybridized carbons (Fsp3) is 0.250. The summed E-state index contributed by atoms with van der Waals surface area (Å²) in [6.07, 6.45) is 3.36. The highest BCUT2D eigenvalue weighted by Crippen LogP contribution is 2.39. The van der Waals surface area contributed by atoms with Gasteiger partial charge in [-0.25, -0.2) is 0 Å². The maximum atomic E-state index is 12.4. The van der Waals surface area contributed by atoms with Crippen molar-refractivity contribution in [3.63, 3.8) is 0 Å². The minimum absolute atomic E-state index is 0.153. The van der Waals surface area contributed by atoms with Gasteiger partial charge in [0.15, 0.2) is 0 Å². The molecule has 1 aliphatic heterocycles. The summed E-state index contributed by atoms with van der Waals surface area (Å²) in [6.45, 7) is 4.03. The zero-order valence-corrected chi connectivity index (χ0v) is 14.8. The van der Waals surface area contributed by atoms with Crippen LogP contribution in [0.25, 0.3) is 6.08 Å². The summed E-state index contributed by atoms with van der Waals surface area (Å²) in [5.41, 5.74) is 0.662. The van der Waals surface area contributed by atoms with Gasteiger partial charge in [-0.3, -0.25) is 9.69 Å². The van der Waals surface area contributed by atoms with E-state index in [4.69, 9.17) is 26.4 Å². The van der Waals surface area contributed by atoms with Crippen LogP contribution in [0.4, 0.5) is 0 Å². The zero-order valence-electron chi connectivity index (χ0n) is 13.1. The van der Waals surface area contributed by atoms with E-state index in [1.807, 2.05) is 0 Å². The molecule has 1 heterocycles. The fourth-order valence-corrected chi connectivity index (χ4v) is 3.35. The maximum absolute atomic E-state index is 12.4. The number of hydrogen-bond acceptors (Lipinski definition) is 6. The Hall–Kier alpha value is -1.99. The topological polar surface area (TPSA) is 48.0 Å². The zero-order chi connectivity index (χ0) is 17.0. The van der Waals surface area contributed by atoms with E-state index in [1.165, 1.54) is 16.7 Å². The van der Waals surface area contributed by atoms with Gasteiger partial charge in [-0.2, -0.15) is 0 Å². The highest BCUT2D eigenvalue weighted by Gasteiger charge is 2.31. The number of benzene rings is 1. The third kappa shape index (κ3) is 3.51. The van der Waals surface area contributed by atoms with Crippen molar-refractivity contribution in [1.29, 1.82) is 0 Å². The molecule has 1 amide bonds. The monoisotopic (exact) mass is 351 g/mol. The van der Waals surface area contributed by atoms with Crippen LogP contribution in [0.5, 0.6) is 17.2 Å². The van der Waals surface area contributed by atoms with Gasteiger partial charge in [-0.1, -0.05) is 30.1 Å². The minimum Gasteiger partial charge on any atom is -0.496 e. The van der Waals surface area contributed by atoms with Crippen molar-refractivity contribution in [3.8, 4) is 17.2 Å². The molecule has 1 aromatic carbocycles. The Kier molecular flexibility index (Phi) is 5.68. The van der Waals surface area contributed by atoms with Crippen molar-refractivity contribution in [1.82, 2.24) is 4.90 Å². The summed E-state index contributed by atoms with van der Waals surface area (Å²) in [6, 6.07) is 3.47. The molecule has 2 rings (SSSR count). The van der Waals surface area contributed by atoms with E-state index in [0.717, 1.165) is 0 Å². The van der Waals surface area contributed by atoms with Crippen LogP contribution in [0, 0.1) is 0 Å². The Morgan fingerprint density at radius 2 is 1.83 bits per heavy atom. The van der Waals surface area contributed by atoms with E-state index in [1.54, 1.807) is 45.6 Å². The minimum atomic E-state index is -0.153. The third-order valence-electron chi connectivity index (χ3n) is 3.21. The Balaban J connectivity index is 2.48. The van der Waals surface area contributed by atoms with E-state index in [0.29, 0.717) is 38.6 Å². The number of amides is 1. The van der Waals surface area contributed by atoms with Crippen molar-refractivity contribution < 1.29 is 19.0 Å².